The molecule has 3 amide bonds. The van der Waals surface area contributed by atoms with Gasteiger partial charge >= 0.3 is 12.1 Å². The standard InChI is InChI=1S/C26H43N7O4.C7H6F2/c1-18(2)22(27)31-24(34)32-11-8-19(9-12-32)7-6-14-36-21-15-28-23(29-16-21)33-13-10-20(17-33)30-25(35)37-26(3,4)5;1-5-4-6(8)2-3-7(5)9/h15-16,18-20H,6-14,17H2,1-5H3,(H,30,35)(H2,27,31,34);2-4H,1H3. The summed E-state index contributed by atoms with van der Waals surface area (Å²) in [6, 6.07) is 3.16. The molecule has 0 aliphatic carbocycles. The summed E-state index contributed by atoms with van der Waals surface area (Å²) >= 11 is 0. The number of nitrogens with two attached hydrogens (primary N) is 1. The predicted octanol–water partition coefficient (Wildman–Crippen LogP) is 5.86. The zero-order chi connectivity index (χ0) is 33.9. The number of ether oxygens (including phenoxy) is 2. The van der Waals surface area contributed by atoms with Crippen molar-refractivity contribution in [3.05, 3.63) is 47.8 Å². The van der Waals surface area contributed by atoms with Gasteiger partial charge < -0.3 is 30.3 Å². The van der Waals surface area contributed by atoms with Gasteiger partial charge in [-0.3, -0.25) is 0 Å². The van der Waals surface area contributed by atoms with Crippen molar-refractivity contribution in [3.63, 3.8) is 0 Å². The number of benzene rings is 1. The molecule has 2 saturated heterocycles. The number of urea groups is 1. The quantitative estimate of drug-likeness (QED) is 0.207. The minimum Gasteiger partial charge on any atom is -0.490 e. The van der Waals surface area contributed by atoms with Gasteiger partial charge in [0.2, 0.25) is 5.95 Å². The Labute approximate surface area is 271 Å². The van der Waals surface area contributed by atoms with Gasteiger partial charge in [0.25, 0.3) is 0 Å². The van der Waals surface area contributed by atoms with Crippen LogP contribution in [0.5, 0.6) is 5.75 Å². The van der Waals surface area contributed by atoms with Crippen molar-refractivity contribution < 1.29 is 27.8 Å². The molecular weight excluding hydrogens is 596 g/mol. The number of likely N-dealkylation sites (tertiary alicyclic amines) is 1. The van der Waals surface area contributed by atoms with E-state index in [0.717, 1.165) is 69.9 Å². The lowest BCUT2D eigenvalue weighted by Gasteiger charge is -2.30. The summed E-state index contributed by atoms with van der Waals surface area (Å²) in [6.07, 6.45) is 7.74. The van der Waals surface area contributed by atoms with Crippen molar-refractivity contribution in [1.29, 1.82) is 0 Å². The molecule has 2 aliphatic rings. The first-order valence-electron chi connectivity index (χ1n) is 15.9. The van der Waals surface area contributed by atoms with Crippen molar-refractivity contribution in [2.45, 2.75) is 85.3 Å². The van der Waals surface area contributed by atoms with E-state index >= 15 is 0 Å². The third-order valence-corrected chi connectivity index (χ3v) is 7.65. The second kappa shape index (κ2) is 17.0. The Morgan fingerprint density at radius 2 is 1.78 bits per heavy atom. The highest BCUT2D eigenvalue weighted by Crippen LogP contribution is 2.23. The number of halogens is 2. The predicted molar refractivity (Wildman–Crippen MR) is 174 cm³/mol. The summed E-state index contributed by atoms with van der Waals surface area (Å²) in [5, 5.41) is 2.91. The molecule has 1 atom stereocenters. The van der Waals surface area contributed by atoms with E-state index in [2.05, 4.69) is 20.3 Å². The highest BCUT2D eigenvalue weighted by Gasteiger charge is 2.27. The van der Waals surface area contributed by atoms with Crippen molar-refractivity contribution in [3.8, 4) is 5.75 Å². The first-order valence-corrected chi connectivity index (χ1v) is 15.9. The van der Waals surface area contributed by atoms with Gasteiger partial charge in [-0.15, -0.1) is 0 Å². The van der Waals surface area contributed by atoms with Gasteiger partial charge in [-0.2, -0.15) is 4.99 Å². The SMILES string of the molecule is CC(C)/C(N)=N/C(=O)N1CCC(CCCOc2cnc(N3CCC(NC(=O)OC(C)(C)C)C3)nc2)CC1.Cc1cc(F)ccc1F. The van der Waals surface area contributed by atoms with Crippen molar-refractivity contribution in [2.24, 2.45) is 22.6 Å². The number of carbonyl (C=O) groups excluding carboxylic acids is 2. The number of alkyl carbamates (subject to hydrolysis) is 1. The number of anilines is 1. The normalized spacial score (nSPS) is 17.4. The maximum absolute atomic E-state index is 12.3. The molecule has 0 bridgehead atoms. The second-order valence-electron chi connectivity index (χ2n) is 13.1. The Morgan fingerprint density at radius 3 is 2.37 bits per heavy atom. The number of nitrogens with zero attached hydrogens (tertiary/aromatic N) is 5. The van der Waals surface area contributed by atoms with Crippen molar-refractivity contribution >= 4 is 23.9 Å². The zero-order valence-electron chi connectivity index (χ0n) is 27.9. The lowest BCUT2D eigenvalue weighted by molar-refractivity contribution is 0.0509. The Bertz CT molecular complexity index is 1310. The Kier molecular flexibility index (Phi) is 13.5. The summed E-state index contributed by atoms with van der Waals surface area (Å²) < 4.78 is 35.7. The molecule has 3 N–H and O–H groups in total. The van der Waals surface area contributed by atoms with Gasteiger partial charge in [0.05, 0.1) is 25.0 Å². The Balaban J connectivity index is 0.000000549. The van der Waals surface area contributed by atoms with Gasteiger partial charge in [-0.25, -0.2) is 28.3 Å². The smallest absolute Gasteiger partial charge is 0.407 e. The summed E-state index contributed by atoms with van der Waals surface area (Å²) in [4.78, 5) is 41.0. The molecule has 2 fully saturated rings. The van der Waals surface area contributed by atoms with Gasteiger partial charge in [-0.05, 0) is 89.5 Å². The number of nitrogens with one attached hydrogen (secondary N) is 1. The first-order chi connectivity index (χ1) is 21.7. The van der Waals surface area contributed by atoms with Gasteiger partial charge in [0, 0.05) is 32.1 Å². The van der Waals surface area contributed by atoms with Crippen LogP contribution in [-0.2, 0) is 4.74 Å². The van der Waals surface area contributed by atoms with Crippen LogP contribution in [0.1, 0.15) is 72.3 Å². The van der Waals surface area contributed by atoms with E-state index in [1.54, 1.807) is 17.3 Å². The molecule has 1 aromatic heterocycles. The summed E-state index contributed by atoms with van der Waals surface area (Å²) in [6.45, 7) is 14.4. The number of aryl methyl sites for hydroxylation is 1. The van der Waals surface area contributed by atoms with Crippen LogP contribution < -0.4 is 20.7 Å². The molecular formula is C33H49F2N7O4. The van der Waals surface area contributed by atoms with Crippen LogP contribution >= 0.6 is 0 Å². The number of aliphatic imine (C=N–C) groups is 1. The fourth-order valence-electron chi connectivity index (χ4n) is 4.97. The van der Waals surface area contributed by atoms with Crippen molar-refractivity contribution in [2.75, 3.05) is 37.7 Å². The number of piperidine rings is 1. The lowest BCUT2D eigenvalue weighted by Crippen LogP contribution is -2.40. The second-order valence-corrected chi connectivity index (χ2v) is 13.1. The number of aromatic nitrogens is 2. The third kappa shape index (κ3) is 12.4. The molecule has 11 nitrogen and oxygen atoms in total. The monoisotopic (exact) mass is 645 g/mol. The number of hydrogen-bond donors (Lipinski definition) is 2. The average molecular weight is 646 g/mol. The van der Waals surface area contributed by atoms with E-state index in [1.807, 2.05) is 39.5 Å². The number of amidine groups is 1. The minimum absolute atomic E-state index is 0.00487. The van der Waals surface area contributed by atoms with Crippen LogP contribution in [0, 0.1) is 30.4 Å². The molecule has 13 heteroatoms. The maximum atomic E-state index is 12.3. The topological polar surface area (TPSA) is 135 Å². The van der Waals surface area contributed by atoms with Crippen LogP contribution in [0.4, 0.5) is 24.3 Å². The number of amides is 3. The largest absolute Gasteiger partial charge is 0.490 e. The van der Waals surface area contributed by atoms with Gasteiger partial charge in [0.1, 0.15) is 23.1 Å². The molecule has 2 aromatic rings. The van der Waals surface area contributed by atoms with E-state index in [1.165, 1.54) is 6.92 Å². The lowest BCUT2D eigenvalue weighted by atomic mass is 9.92. The van der Waals surface area contributed by atoms with Crippen LogP contribution in [0.15, 0.2) is 35.6 Å². The highest BCUT2D eigenvalue weighted by molar-refractivity contribution is 5.93. The van der Waals surface area contributed by atoms with Gasteiger partial charge in [-0.1, -0.05) is 13.8 Å². The summed E-state index contributed by atoms with van der Waals surface area (Å²) in [5.74, 6) is 1.55. The number of rotatable bonds is 8. The van der Waals surface area contributed by atoms with Crippen LogP contribution in [-0.4, -0.2) is 77.3 Å². The van der Waals surface area contributed by atoms with E-state index in [9.17, 15) is 18.4 Å². The van der Waals surface area contributed by atoms with Crippen LogP contribution in [0.2, 0.25) is 0 Å². The molecule has 4 rings (SSSR count). The van der Waals surface area contributed by atoms with Crippen molar-refractivity contribution in [1.82, 2.24) is 20.2 Å². The van der Waals surface area contributed by atoms with E-state index < -0.39 is 17.5 Å². The maximum Gasteiger partial charge on any atom is 0.407 e. The van der Waals surface area contributed by atoms with Crippen LogP contribution in [0.3, 0.4) is 0 Å². The molecule has 0 spiro atoms. The number of carbonyl (C=O) groups is 2. The van der Waals surface area contributed by atoms with Crippen LogP contribution in [0.25, 0.3) is 0 Å². The molecule has 2 aliphatic heterocycles. The fraction of sp³-hybridized carbons (Fsp3) is 0.606. The van der Waals surface area contributed by atoms with E-state index in [0.29, 0.717) is 42.2 Å². The molecule has 0 radical (unpaired) electrons. The third-order valence-electron chi connectivity index (χ3n) is 7.65. The molecule has 1 aromatic carbocycles. The average Bonchev–Trinajstić information content (AvgIpc) is 3.45. The minimum atomic E-state index is -0.517. The van der Waals surface area contributed by atoms with E-state index in [4.69, 9.17) is 15.2 Å². The Morgan fingerprint density at radius 1 is 1.11 bits per heavy atom. The highest BCUT2D eigenvalue weighted by atomic mass is 19.1. The molecule has 0 saturated carbocycles. The Hall–Kier alpha value is -4.03. The first kappa shape index (κ1) is 36.4. The molecule has 46 heavy (non-hydrogen) atoms. The molecule has 254 valence electrons. The van der Waals surface area contributed by atoms with Gasteiger partial charge in [0.15, 0.2) is 5.75 Å². The summed E-state index contributed by atoms with van der Waals surface area (Å²) in [5.41, 5.74) is 5.64. The number of hydrogen-bond acceptors (Lipinski definition) is 7. The fourth-order valence-corrected chi connectivity index (χ4v) is 4.97. The molecule has 3 heterocycles. The zero-order valence-corrected chi connectivity index (χ0v) is 27.9. The van der Waals surface area contributed by atoms with E-state index in [-0.39, 0.29) is 23.8 Å². The summed E-state index contributed by atoms with van der Waals surface area (Å²) in [7, 11) is 0. The molecule has 1 unspecified atom stereocenters.